The number of amides is 2. The number of benzene rings is 3. The number of sulfonamides is 1. The van der Waals surface area contributed by atoms with Crippen LogP contribution in [0.25, 0.3) is 0 Å². The molecule has 0 radical (unpaired) electrons. The van der Waals surface area contributed by atoms with Crippen molar-refractivity contribution < 1.29 is 22.4 Å². The minimum absolute atomic E-state index is 0.111. The zero-order valence-corrected chi connectivity index (χ0v) is 24.4. The highest BCUT2D eigenvalue weighted by Crippen LogP contribution is 2.26. The second kappa shape index (κ2) is 13.9. The molecule has 0 aromatic heterocycles. The molecule has 1 heterocycles. The number of carbonyl (C=O) groups is 2. The van der Waals surface area contributed by atoms with Crippen molar-refractivity contribution in [1.29, 1.82) is 0 Å². The Balaban J connectivity index is 1.56. The van der Waals surface area contributed by atoms with Gasteiger partial charge in [0.15, 0.2) is 0 Å². The molecule has 1 atom stereocenters. The Kier molecular flexibility index (Phi) is 10.3. The van der Waals surface area contributed by atoms with Gasteiger partial charge in [-0.1, -0.05) is 68.4 Å². The van der Waals surface area contributed by atoms with E-state index in [-0.39, 0.29) is 41.4 Å². The summed E-state index contributed by atoms with van der Waals surface area (Å²) in [5.74, 6) is -0.668. The Labute approximate surface area is 242 Å². The summed E-state index contributed by atoms with van der Waals surface area (Å²) in [5.41, 5.74) is 2.20. The number of hydrogen-bond donors (Lipinski definition) is 1. The summed E-state index contributed by atoms with van der Waals surface area (Å²) < 4.78 is 40.9. The summed E-state index contributed by atoms with van der Waals surface area (Å²) in [5, 5.41) is 2.97. The second-order valence-corrected chi connectivity index (χ2v) is 12.8. The van der Waals surface area contributed by atoms with E-state index < -0.39 is 16.1 Å². The lowest BCUT2D eigenvalue weighted by atomic mass is 10.0. The van der Waals surface area contributed by atoms with Crippen molar-refractivity contribution in [2.24, 2.45) is 5.92 Å². The van der Waals surface area contributed by atoms with E-state index >= 15 is 0 Å². The van der Waals surface area contributed by atoms with Gasteiger partial charge in [0.25, 0.3) is 0 Å². The zero-order valence-electron chi connectivity index (χ0n) is 23.6. The third kappa shape index (κ3) is 8.01. The van der Waals surface area contributed by atoms with Gasteiger partial charge in [0.05, 0.1) is 4.90 Å². The molecule has 218 valence electrons. The van der Waals surface area contributed by atoms with Gasteiger partial charge in [-0.15, -0.1) is 0 Å². The van der Waals surface area contributed by atoms with Crippen LogP contribution in [0.3, 0.4) is 0 Å². The third-order valence-corrected chi connectivity index (χ3v) is 9.11. The number of aryl methyl sites for hydroxylation is 1. The quantitative estimate of drug-likeness (QED) is 0.324. The smallest absolute Gasteiger partial charge is 0.247 e. The molecular weight excluding hydrogens is 541 g/mol. The summed E-state index contributed by atoms with van der Waals surface area (Å²) in [6.07, 6.45) is 2.22. The monoisotopic (exact) mass is 579 g/mol. The molecule has 0 bridgehead atoms. The van der Waals surface area contributed by atoms with Gasteiger partial charge in [-0.25, -0.2) is 12.8 Å². The van der Waals surface area contributed by atoms with Gasteiger partial charge in [0.2, 0.25) is 21.8 Å². The SMILES string of the molecule is CC(C)CNC(=O)C(c1ccccc1)N(Cc1ccc(F)cc1)C(=O)CCc1ccc(S(=O)(=O)N2CCCC2)cc1. The number of halogens is 1. The van der Waals surface area contributed by atoms with Gasteiger partial charge in [0, 0.05) is 32.6 Å². The van der Waals surface area contributed by atoms with Crippen LogP contribution in [0, 0.1) is 11.7 Å². The molecule has 1 unspecified atom stereocenters. The standard InChI is InChI=1S/C32H38FN3O4S/c1-24(2)22-34-32(38)31(27-8-4-3-5-9-27)36(23-26-10-15-28(33)16-11-26)30(37)19-14-25-12-17-29(18-13-25)41(39,40)35-20-6-7-21-35/h3-5,8-13,15-18,24,31H,6-7,14,19-23H2,1-2H3,(H,34,38). The fraction of sp³-hybridized carbons (Fsp3) is 0.375. The topological polar surface area (TPSA) is 86.8 Å². The average Bonchev–Trinajstić information content (AvgIpc) is 3.53. The van der Waals surface area contributed by atoms with E-state index in [4.69, 9.17) is 0 Å². The Bertz CT molecular complexity index is 1410. The molecule has 1 fully saturated rings. The maximum Gasteiger partial charge on any atom is 0.247 e. The van der Waals surface area contributed by atoms with Crippen molar-refractivity contribution in [3.63, 3.8) is 0 Å². The van der Waals surface area contributed by atoms with Gasteiger partial charge in [-0.05, 0) is 66.1 Å². The number of nitrogens with zero attached hydrogens (tertiary/aromatic N) is 2. The van der Waals surface area contributed by atoms with E-state index in [1.807, 2.05) is 44.2 Å². The minimum atomic E-state index is -3.51. The molecule has 0 saturated carbocycles. The van der Waals surface area contributed by atoms with Crippen LogP contribution in [-0.4, -0.2) is 49.1 Å². The van der Waals surface area contributed by atoms with Crippen LogP contribution in [0.1, 0.15) is 55.8 Å². The van der Waals surface area contributed by atoms with Gasteiger partial charge in [-0.2, -0.15) is 4.31 Å². The van der Waals surface area contributed by atoms with Crippen LogP contribution in [0.2, 0.25) is 0 Å². The molecule has 1 saturated heterocycles. The predicted molar refractivity (Wildman–Crippen MR) is 157 cm³/mol. The van der Waals surface area contributed by atoms with Gasteiger partial charge >= 0.3 is 0 Å². The number of hydrogen-bond acceptors (Lipinski definition) is 4. The molecule has 3 aromatic rings. The van der Waals surface area contributed by atoms with Gasteiger partial charge in [0.1, 0.15) is 11.9 Å². The van der Waals surface area contributed by atoms with Crippen LogP contribution in [-0.2, 0) is 32.6 Å². The first-order valence-corrected chi connectivity index (χ1v) is 15.5. The lowest BCUT2D eigenvalue weighted by Gasteiger charge is -2.32. The van der Waals surface area contributed by atoms with Crippen molar-refractivity contribution in [2.75, 3.05) is 19.6 Å². The third-order valence-electron chi connectivity index (χ3n) is 7.20. The Morgan fingerprint density at radius 3 is 2.12 bits per heavy atom. The van der Waals surface area contributed by atoms with Crippen LogP contribution in [0.4, 0.5) is 4.39 Å². The summed E-state index contributed by atoms with van der Waals surface area (Å²) >= 11 is 0. The van der Waals surface area contributed by atoms with E-state index in [0.29, 0.717) is 37.2 Å². The lowest BCUT2D eigenvalue weighted by molar-refractivity contribution is -0.141. The normalized spacial score (nSPS) is 14.6. The van der Waals surface area contributed by atoms with E-state index in [0.717, 1.165) is 18.4 Å². The van der Waals surface area contributed by atoms with Crippen molar-refractivity contribution in [3.05, 3.63) is 101 Å². The summed E-state index contributed by atoms with van der Waals surface area (Å²) in [6, 6.07) is 20.9. The molecule has 1 aliphatic rings. The van der Waals surface area contributed by atoms with Gasteiger partial charge < -0.3 is 10.2 Å². The fourth-order valence-corrected chi connectivity index (χ4v) is 6.44. The van der Waals surface area contributed by atoms with Crippen LogP contribution < -0.4 is 5.32 Å². The van der Waals surface area contributed by atoms with Crippen molar-refractivity contribution >= 4 is 21.8 Å². The highest BCUT2D eigenvalue weighted by molar-refractivity contribution is 7.89. The van der Waals surface area contributed by atoms with Crippen molar-refractivity contribution in [1.82, 2.24) is 14.5 Å². The van der Waals surface area contributed by atoms with E-state index in [9.17, 15) is 22.4 Å². The molecule has 41 heavy (non-hydrogen) atoms. The highest BCUT2D eigenvalue weighted by Gasteiger charge is 2.31. The molecule has 3 aromatic carbocycles. The minimum Gasteiger partial charge on any atom is -0.354 e. The first kappa shape index (κ1) is 30.4. The maximum absolute atomic E-state index is 13.8. The number of rotatable bonds is 12. The first-order chi connectivity index (χ1) is 19.6. The van der Waals surface area contributed by atoms with E-state index in [1.54, 1.807) is 41.3 Å². The molecule has 9 heteroatoms. The highest BCUT2D eigenvalue weighted by atomic mass is 32.2. The fourth-order valence-electron chi connectivity index (χ4n) is 4.92. The molecular formula is C32H38FN3O4S. The number of carbonyl (C=O) groups excluding carboxylic acids is 2. The second-order valence-electron chi connectivity index (χ2n) is 10.9. The zero-order chi connectivity index (χ0) is 29.4. The Morgan fingerprint density at radius 2 is 1.51 bits per heavy atom. The molecule has 0 aliphatic carbocycles. The van der Waals surface area contributed by atoms with Crippen molar-refractivity contribution in [3.8, 4) is 0 Å². The molecule has 0 spiro atoms. The molecule has 1 aliphatic heterocycles. The van der Waals surface area contributed by atoms with Crippen LogP contribution in [0.15, 0.2) is 83.8 Å². The van der Waals surface area contributed by atoms with Crippen LogP contribution in [0.5, 0.6) is 0 Å². The van der Waals surface area contributed by atoms with Crippen molar-refractivity contribution in [2.45, 2.75) is 57.0 Å². The molecule has 4 rings (SSSR count). The molecule has 2 amide bonds. The molecule has 1 N–H and O–H groups in total. The largest absolute Gasteiger partial charge is 0.354 e. The Morgan fingerprint density at radius 1 is 0.902 bits per heavy atom. The average molecular weight is 580 g/mol. The first-order valence-electron chi connectivity index (χ1n) is 14.1. The van der Waals surface area contributed by atoms with E-state index in [1.165, 1.54) is 16.4 Å². The predicted octanol–water partition coefficient (Wildman–Crippen LogP) is 5.09. The summed E-state index contributed by atoms with van der Waals surface area (Å²) in [6.45, 7) is 5.67. The molecule has 7 nitrogen and oxygen atoms in total. The Hall–Kier alpha value is -3.56. The summed E-state index contributed by atoms with van der Waals surface area (Å²) in [7, 11) is -3.51. The maximum atomic E-state index is 13.8. The van der Waals surface area contributed by atoms with Crippen LogP contribution >= 0.6 is 0 Å². The number of nitrogens with one attached hydrogen (secondary N) is 1. The van der Waals surface area contributed by atoms with Gasteiger partial charge in [-0.3, -0.25) is 9.59 Å². The lowest BCUT2D eigenvalue weighted by Crippen LogP contribution is -2.44. The summed E-state index contributed by atoms with van der Waals surface area (Å²) in [4.78, 5) is 29.1. The van der Waals surface area contributed by atoms with E-state index in [2.05, 4.69) is 5.32 Å².